The molecule has 0 amide bonds. The smallest absolute Gasteiger partial charge is 0.401 e. The second-order valence-corrected chi connectivity index (χ2v) is 7.98. The maximum atomic E-state index is 6.38. The van der Waals surface area contributed by atoms with Gasteiger partial charge in [0, 0.05) is 0 Å². The molecule has 1 aromatic heterocycles. The largest absolute Gasteiger partial charge is 0.492 e. The van der Waals surface area contributed by atoms with E-state index >= 15 is 0 Å². The van der Waals surface area contributed by atoms with Gasteiger partial charge in [-0.1, -0.05) is 48.6 Å². The van der Waals surface area contributed by atoms with Gasteiger partial charge < -0.3 is 9.31 Å². The van der Waals surface area contributed by atoms with Gasteiger partial charge in [-0.3, -0.25) is 0 Å². The molecule has 1 aliphatic heterocycles. The highest BCUT2D eigenvalue weighted by Gasteiger charge is 2.60. The quantitative estimate of drug-likeness (QED) is 0.794. The summed E-state index contributed by atoms with van der Waals surface area (Å²) in [5.41, 5.74) is 1.04. The van der Waals surface area contributed by atoms with Crippen molar-refractivity contribution in [2.45, 2.75) is 50.8 Å². The van der Waals surface area contributed by atoms with Gasteiger partial charge in [0.2, 0.25) is 0 Å². The maximum Gasteiger partial charge on any atom is 0.492 e. The SMILES string of the molecule is CC1(C)OB(C2(n3cncn3)C=CC(c3ccccc3)=CC2)OC1(C)C. The third-order valence-corrected chi connectivity index (χ3v) is 5.81. The Balaban J connectivity index is 1.71. The molecule has 6 heteroatoms. The fraction of sp³-hybridized carbons (Fsp3) is 0.400. The van der Waals surface area contributed by atoms with Crippen molar-refractivity contribution < 1.29 is 9.31 Å². The molecule has 2 aromatic rings. The molecule has 0 spiro atoms. The lowest BCUT2D eigenvalue weighted by atomic mass is 9.60. The zero-order chi connectivity index (χ0) is 18.4. The molecule has 0 radical (unpaired) electrons. The van der Waals surface area contributed by atoms with Crippen LogP contribution in [0.3, 0.4) is 0 Å². The summed E-state index contributed by atoms with van der Waals surface area (Å²) in [6.07, 6.45) is 10.5. The molecule has 2 aliphatic rings. The van der Waals surface area contributed by atoms with Crippen molar-refractivity contribution in [2.75, 3.05) is 0 Å². The van der Waals surface area contributed by atoms with Crippen LogP contribution >= 0.6 is 0 Å². The fourth-order valence-corrected chi connectivity index (χ4v) is 3.41. The molecule has 1 saturated heterocycles. The van der Waals surface area contributed by atoms with E-state index in [-0.39, 0.29) is 0 Å². The van der Waals surface area contributed by atoms with E-state index in [1.165, 1.54) is 11.1 Å². The molecular formula is C20H24BN3O2. The first-order valence-corrected chi connectivity index (χ1v) is 9.00. The number of benzene rings is 1. The molecule has 2 heterocycles. The van der Waals surface area contributed by atoms with Crippen molar-refractivity contribution in [3.63, 3.8) is 0 Å². The summed E-state index contributed by atoms with van der Waals surface area (Å²) in [7, 11) is -0.445. The highest BCUT2D eigenvalue weighted by molar-refractivity contribution is 6.49. The van der Waals surface area contributed by atoms with E-state index in [1.54, 1.807) is 12.7 Å². The summed E-state index contributed by atoms with van der Waals surface area (Å²) in [5.74, 6) is 0. The second kappa shape index (κ2) is 5.93. The lowest BCUT2D eigenvalue weighted by Crippen LogP contribution is -2.50. The molecule has 1 aromatic carbocycles. The first kappa shape index (κ1) is 17.2. The number of hydrogen-bond acceptors (Lipinski definition) is 4. The molecule has 0 saturated carbocycles. The predicted octanol–water partition coefficient (Wildman–Crippen LogP) is 3.65. The minimum Gasteiger partial charge on any atom is -0.401 e. The van der Waals surface area contributed by atoms with Gasteiger partial charge in [0.1, 0.15) is 18.1 Å². The van der Waals surface area contributed by atoms with Gasteiger partial charge in [0.05, 0.1) is 11.2 Å². The van der Waals surface area contributed by atoms with Crippen LogP contribution in [0.1, 0.15) is 39.7 Å². The monoisotopic (exact) mass is 349 g/mol. The third kappa shape index (κ3) is 2.64. The Hall–Kier alpha value is -2.18. The minimum absolute atomic E-state index is 0.400. The van der Waals surface area contributed by atoms with Gasteiger partial charge in [-0.15, -0.1) is 0 Å². The molecule has 4 rings (SSSR count). The van der Waals surface area contributed by atoms with Crippen LogP contribution in [-0.4, -0.2) is 33.1 Å². The van der Waals surface area contributed by atoms with E-state index < -0.39 is 23.8 Å². The van der Waals surface area contributed by atoms with Crippen LogP contribution in [0.15, 0.2) is 61.2 Å². The highest BCUT2D eigenvalue weighted by atomic mass is 16.7. The van der Waals surface area contributed by atoms with Crippen molar-refractivity contribution in [3.05, 3.63) is 66.8 Å². The Morgan fingerprint density at radius 2 is 1.73 bits per heavy atom. The maximum absolute atomic E-state index is 6.38. The highest BCUT2D eigenvalue weighted by Crippen LogP contribution is 2.44. The lowest BCUT2D eigenvalue weighted by Gasteiger charge is -2.34. The number of hydrogen-bond donors (Lipinski definition) is 0. The van der Waals surface area contributed by atoms with Gasteiger partial charge in [-0.05, 0) is 45.3 Å². The summed E-state index contributed by atoms with van der Waals surface area (Å²) >= 11 is 0. The summed E-state index contributed by atoms with van der Waals surface area (Å²) < 4.78 is 14.6. The zero-order valence-corrected chi connectivity index (χ0v) is 15.7. The van der Waals surface area contributed by atoms with Gasteiger partial charge in [0.25, 0.3) is 0 Å². The van der Waals surface area contributed by atoms with Crippen LogP contribution in [0.4, 0.5) is 0 Å². The van der Waals surface area contributed by atoms with Crippen LogP contribution in [0.2, 0.25) is 0 Å². The van der Waals surface area contributed by atoms with E-state index in [9.17, 15) is 0 Å². The van der Waals surface area contributed by atoms with Crippen molar-refractivity contribution >= 4 is 12.7 Å². The Morgan fingerprint density at radius 3 is 2.27 bits per heavy atom. The second-order valence-electron chi connectivity index (χ2n) is 7.98. The van der Waals surface area contributed by atoms with Crippen LogP contribution in [0.5, 0.6) is 0 Å². The number of aromatic nitrogens is 3. The van der Waals surface area contributed by atoms with E-state index in [1.807, 2.05) is 10.7 Å². The van der Waals surface area contributed by atoms with Gasteiger partial charge in [0.15, 0.2) is 0 Å². The molecule has 0 bridgehead atoms. The van der Waals surface area contributed by atoms with Crippen molar-refractivity contribution in [1.82, 2.24) is 14.8 Å². The standard InChI is InChI=1S/C20H24BN3O2/c1-18(2)19(3,4)26-21(25-18)20(24-15-22-14-23-24)12-10-17(11-13-20)16-8-6-5-7-9-16/h5-12,14-15H,13H2,1-4H3. The molecule has 1 aliphatic carbocycles. The van der Waals surface area contributed by atoms with E-state index in [4.69, 9.17) is 9.31 Å². The van der Waals surface area contributed by atoms with Crippen molar-refractivity contribution in [2.24, 2.45) is 0 Å². The Labute approximate surface area is 154 Å². The molecule has 0 N–H and O–H groups in total. The third-order valence-electron chi connectivity index (χ3n) is 5.81. The van der Waals surface area contributed by atoms with Gasteiger partial charge in [-0.2, -0.15) is 5.10 Å². The molecule has 26 heavy (non-hydrogen) atoms. The number of nitrogens with zero attached hydrogens (tertiary/aromatic N) is 3. The lowest BCUT2D eigenvalue weighted by molar-refractivity contribution is 0.00578. The Morgan fingerprint density at radius 1 is 1.04 bits per heavy atom. The normalized spacial score (nSPS) is 26.8. The van der Waals surface area contributed by atoms with E-state index in [0.717, 1.165) is 0 Å². The zero-order valence-electron chi connectivity index (χ0n) is 15.7. The molecule has 1 atom stereocenters. The van der Waals surface area contributed by atoms with E-state index in [2.05, 4.69) is 80.3 Å². The molecule has 134 valence electrons. The summed E-state index contributed by atoms with van der Waals surface area (Å²) in [4.78, 5) is 4.15. The topological polar surface area (TPSA) is 49.2 Å². The predicted molar refractivity (Wildman–Crippen MR) is 102 cm³/mol. The van der Waals surface area contributed by atoms with Crippen LogP contribution in [0, 0.1) is 0 Å². The van der Waals surface area contributed by atoms with Crippen molar-refractivity contribution in [3.8, 4) is 0 Å². The number of rotatable bonds is 3. The van der Waals surface area contributed by atoms with Crippen molar-refractivity contribution in [1.29, 1.82) is 0 Å². The molecular weight excluding hydrogens is 325 g/mol. The van der Waals surface area contributed by atoms with Crippen LogP contribution < -0.4 is 0 Å². The summed E-state index contributed by atoms with van der Waals surface area (Å²) in [6.45, 7) is 8.28. The van der Waals surface area contributed by atoms with Gasteiger partial charge in [-0.25, -0.2) is 9.67 Å². The fourth-order valence-electron chi connectivity index (χ4n) is 3.41. The first-order valence-electron chi connectivity index (χ1n) is 9.00. The van der Waals surface area contributed by atoms with E-state index in [0.29, 0.717) is 6.42 Å². The average Bonchev–Trinajstić information content (AvgIpc) is 3.23. The Bertz CT molecular complexity index is 827. The number of allylic oxidation sites excluding steroid dienone is 4. The molecule has 5 nitrogen and oxygen atoms in total. The van der Waals surface area contributed by atoms with Crippen LogP contribution in [-0.2, 0) is 14.7 Å². The Kier molecular flexibility index (Phi) is 3.93. The van der Waals surface area contributed by atoms with Crippen LogP contribution in [0.25, 0.3) is 5.57 Å². The molecule has 1 unspecified atom stereocenters. The summed E-state index contributed by atoms with van der Waals surface area (Å²) in [6, 6.07) is 10.4. The minimum atomic E-state index is -0.556. The summed E-state index contributed by atoms with van der Waals surface area (Å²) in [5, 5.41) is 4.42. The first-order chi connectivity index (χ1) is 12.3. The molecule has 1 fully saturated rings. The van der Waals surface area contributed by atoms with Gasteiger partial charge >= 0.3 is 7.12 Å². The average molecular weight is 349 g/mol.